The topological polar surface area (TPSA) is 20.2 Å². The third-order valence-electron chi connectivity index (χ3n) is 3.82. The van der Waals surface area contributed by atoms with Crippen LogP contribution in [-0.4, -0.2) is 5.11 Å². The standard InChI is InChI=1S/C17H18BrClO/c1-10-7-12(3)15(8-11(10)2)17(4,20)14-6-5-13(18)9-16(14)19/h5-9,20H,1-4H3. The Morgan fingerprint density at radius 2 is 1.55 bits per heavy atom. The zero-order chi connectivity index (χ0) is 15.1. The molecule has 0 aliphatic heterocycles. The highest BCUT2D eigenvalue weighted by molar-refractivity contribution is 9.10. The number of rotatable bonds is 2. The summed E-state index contributed by atoms with van der Waals surface area (Å²) in [7, 11) is 0. The summed E-state index contributed by atoms with van der Waals surface area (Å²) in [5, 5.41) is 11.6. The molecule has 0 amide bonds. The molecule has 0 spiro atoms. The minimum Gasteiger partial charge on any atom is -0.381 e. The second-order valence-electron chi connectivity index (χ2n) is 5.45. The summed E-state index contributed by atoms with van der Waals surface area (Å²) in [5.41, 5.74) is 3.96. The van der Waals surface area contributed by atoms with E-state index >= 15 is 0 Å². The molecule has 0 aliphatic carbocycles. The lowest BCUT2D eigenvalue weighted by Crippen LogP contribution is -2.24. The fraction of sp³-hybridized carbons (Fsp3) is 0.294. The van der Waals surface area contributed by atoms with E-state index in [2.05, 4.69) is 35.8 Å². The average molecular weight is 354 g/mol. The number of hydrogen-bond acceptors (Lipinski definition) is 1. The van der Waals surface area contributed by atoms with Crippen molar-refractivity contribution in [1.29, 1.82) is 0 Å². The molecule has 0 bridgehead atoms. The molecule has 2 rings (SSSR count). The fourth-order valence-electron chi connectivity index (χ4n) is 2.51. The van der Waals surface area contributed by atoms with Crippen LogP contribution < -0.4 is 0 Å². The van der Waals surface area contributed by atoms with Crippen LogP contribution in [0.15, 0.2) is 34.8 Å². The lowest BCUT2D eigenvalue weighted by Gasteiger charge is -2.28. The van der Waals surface area contributed by atoms with E-state index in [4.69, 9.17) is 11.6 Å². The zero-order valence-corrected chi connectivity index (χ0v) is 14.4. The molecule has 0 aromatic heterocycles. The van der Waals surface area contributed by atoms with Crippen molar-refractivity contribution in [2.75, 3.05) is 0 Å². The van der Waals surface area contributed by atoms with E-state index < -0.39 is 5.60 Å². The van der Waals surface area contributed by atoms with Gasteiger partial charge in [-0.05, 0) is 62.1 Å². The first-order chi connectivity index (χ1) is 9.23. The van der Waals surface area contributed by atoms with Crippen molar-refractivity contribution >= 4 is 27.5 Å². The highest BCUT2D eigenvalue weighted by atomic mass is 79.9. The van der Waals surface area contributed by atoms with Crippen molar-refractivity contribution in [3.8, 4) is 0 Å². The number of aryl methyl sites for hydroxylation is 3. The molecule has 1 atom stereocenters. The van der Waals surface area contributed by atoms with Crippen LogP contribution in [0.1, 0.15) is 34.7 Å². The van der Waals surface area contributed by atoms with E-state index in [1.54, 1.807) is 6.92 Å². The van der Waals surface area contributed by atoms with E-state index in [-0.39, 0.29) is 0 Å². The first-order valence-electron chi connectivity index (χ1n) is 6.49. The van der Waals surface area contributed by atoms with Gasteiger partial charge in [0.25, 0.3) is 0 Å². The number of halogens is 2. The van der Waals surface area contributed by atoms with Crippen molar-refractivity contribution in [3.05, 3.63) is 67.6 Å². The van der Waals surface area contributed by atoms with Crippen LogP contribution in [0, 0.1) is 20.8 Å². The molecule has 0 fully saturated rings. The fourth-order valence-corrected chi connectivity index (χ4v) is 3.37. The largest absolute Gasteiger partial charge is 0.381 e. The summed E-state index contributed by atoms with van der Waals surface area (Å²) in [6.45, 7) is 7.94. The smallest absolute Gasteiger partial charge is 0.113 e. The number of aliphatic hydroxyl groups is 1. The van der Waals surface area contributed by atoms with E-state index in [1.807, 2.05) is 31.2 Å². The van der Waals surface area contributed by atoms with Crippen LogP contribution >= 0.6 is 27.5 Å². The lowest BCUT2D eigenvalue weighted by atomic mass is 9.84. The summed E-state index contributed by atoms with van der Waals surface area (Å²) < 4.78 is 0.902. The average Bonchev–Trinajstić information content (AvgIpc) is 2.33. The molecule has 1 nitrogen and oxygen atoms in total. The van der Waals surface area contributed by atoms with E-state index in [9.17, 15) is 5.11 Å². The van der Waals surface area contributed by atoms with Gasteiger partial charge in [0.15, 0.2) is 0 Å². The second-order valence-corrected chi connectivity index (χ2v) is 6.77. The number of benzene rings is 2. The van der Waals surface area contributed by atoms with Crippen molar-refractivity contribution in [2.45, 2.75) is 33.3 Å². The Morgan fingerprint density at radius 1 is 0.950 bits per heavy atom. The van der Waals surface area contributed by atoms with Gasteiger partial charge in [-0.15, -0.1) is 0 Å². The van der Waals surface area contributed by atoms with Crippen LogP contribution in [0.2, 0.25) is 5.02 Å². The van der Waals surface area contributed by atoms with E-state index in [1.165, 1.54) is 11.1 Å². The zero-order valence-electron chi connectivity index (χ0n) is 12.1. The van der Waals surface area contributed by atoms with Crippen molar-refractivity contribution in [3.63, 3.8) is 0 Å². The molecule has 0 radical (unpaired) electrons. The summed E-state index contributed by atoms with van der Waals surface area (Å²) in [5.74, 6) is 0. The Balaban J connectivity index is 2.63. The highest BCUT2D eigenvalue weighted by Gasteiger charge is 2.29. The molecule has 3 heteroatoms. The molecule has 106 valence electrons. The maximum absolute atomic E-state index is 11.0. The van der Waals surface area contributed by atoms with Crippen molar-refractivity contribution in [2.24, 2.45) is 0 Å². The van der Waals surface area contributed by atoms with Crippen LogP contribution in [0.3, 0.4) is 0 Å². The molecule has 20 heavy (non-hydrogen) atoms. The van der Waals surface area contributed by atoms with Gasteiger partial charge < -0.3 is 5.11 Å². The Kier molecular flexibility index (Phi) is 4.29. The molecule has 0 saturated carbocycles. The summed E-state index contributed by atoms with van der Waals surface area (Å²) in [6, 6.07) is 9.71. The van der Waals surface area contributed by atoms with Gasteiger partial charge in [-0.25, -0.2) is 0 Å². The van der Waals surface area contributed by atoms with Crippen LogP contribution in [0.25, 0.3) is 0 Å². The monoisotopic (exact) mass is 352 g/mol. The molecule has 0 aliphatic rings. The van der Waals surface area contributed by atoms with Gasteiger partial charge in [0.1, 0.15) is 5.60 Å². The van der Waals surface area contributed by atoms with Crippen molar-refractivity contribution in [1.82, 2.24) is 0 Å². The minimum atomic E-state index is -1.11. The quantitative estimate of drug-likeness (QED) is 0.778. The maximum Gasteiger partial charge on any atom is 0.113 e. The first-order valence-corrected chi connectivity index (χ1v) is 7.67. The lowest BCUT2D eigenvalue weighted by molar-refractivity contribution is 0.102. The molecule has 1 unspecified atom stereocenters. The van der Waals surface area contributed by atoms with Gasteiger partial charge in [0, 0.05) is 15.1 Å². The third kappa shape index (κ3) is 2.78. The predicted octanol–water partition coefficient (Wildman–Crippen LogP) is 5.28. The molecule has 0 heterocycles. The Hall–Kier alpha value is -0.830. The Bertz CT molecular complexity index is 662. The summed E-state index contributed by atoms with van der Waals surface area (Å²) in [4.78, 5) is 0. The highest BCUT2D eigenvalue weighted by Crippen LogP contribution is 2.37. The van der Waals surface area contributed by atoms with Gasteiger partial charge in [-0.2, -0.15) is 0 Å². The molecule has 1 N–H and O–H groups in total. The summed E-state index contributed by atoms with van der Waals surface area (Å²) in [6.07, 6.45) is 0. The Labute approximate surface area is 133 Å². The number of hydrogen-bond donors (Lipinski definition) is 1. The van der Waals surface area contributed by atoms with Gasteiger partial charge in [0.05, 0.1) is 0 Å². The molecule has 2 aromatic rings. The molecular weight excluding hydrogens is 336 g/mol. The minimum absolute atomic E-state index is 0.557. The molecule has 0 saturated heterocycles. The van der Waals surface area contributed by atoms with Gasteiger partial charge in [-0.1, -0.05) is 45.7 Å². The second kappa shape index (κ2) is 5.51. The third-order valence-corrected chi connectivity index (χ3v) is 4.63. The van der Waals surface area contributed by atoms with Crippen LogP contribution in [0.5, 0.6) is 0 Å². The van der Waals surface area contributed by atoms with Crippen LogP contribution in [0.4, 0.5) is 0 Å². The van der Waals surface area contributed by atoms with Gasteiger partial charge in [-0.3, -0.25) is 0 Å². The van der Waals surface area contributed by atoms with E-state index in [0.29, 0.717) is 10.6 Å². The molecule has 2 aromatic carbocycles. The van der Waals surface area contributed by atoms with Gasteiger partial charge in [0.2, 0.25) is 0 Å². The van der Waals surface area contributed by atoms with Crippen molar-refractivity contribution < 1.29 is 5.11 Å². The molecular formula is C17H18BrClO. The van der Waals surface area contributed by atoms with Gasteiger partial charge >= 0.3 is 0 Å². The van der Waals surface area contributed by atoms with Crippen LogP contribution in [-0.2, 0) is 5.60 Å². The SMILES string of the molecule is Cc1cc(C)c(C(C)(O)c2ccc(Br)cc2Cl)cc1C. The first kappa shape index (κ1) is 15.6. The normalized spacial score (nSPS) is 14.2. The maximum atomic E-state index is 11.0. The predicted molar refractivity (Wildman–Crippen MR) is 88.5 cm³/mol. The Morgan fingerprint density at radius 3 is 2.15 bits per heavy atom. The van der Waals surface area contributed by atoms with E-state index in [0.717, 1.165) is 15.6 Å². The summed E-state index contributed by atoms with van der Waals surface area (Å²) >= 11 is 9.69.